The van der Waals surface area contributed by atoms with Crippen LogP contribution in [0.2, 0.25) is 0 Å². The molecule has 0 saturated carbocycles. The van der Waals surface area contributed by atoms with Crippen LogP contribution in [0.25, 0.3) is 11.0 Å². The lowest BCUT2D eigenvalue weighted by Gasteiger charge is -2.33. The maximum atomic E-state index is 14.4. The standard InChI is InChI=1S/C25H29FN4O3/c1-15-3-5-18-20(29(15)25(31)32)6-7-21-24(18)28-23(30(21)17-9-11-27-12-10-17)14-16-4-8-22(33-2)19(26)13-16/h4,6-8,13,15,17,27H,3,5,9-12,14H2,1-2H3,(H,31,32)/t15-/m0/s1. The van der Waals surface area contributed by atoms with Crippen molar-refractivity contribution < 1.29 is 19.0 Å². The second kappa shape index (κ2) is 8.67. The van der Waals surface area contributed by atoms with Gasteiger partial charge < -0.3 is 19.7 Å². The van der Waals surface area contributed by atoms with Crippen LogP contribution in [0.1, 0.15) is 49.2 Å². The van der Waals surface area contributed by atoms with Crippen molar-refractivity contribution in [3.63, 3.8) is 0 Å². The summed E-state index contributed by atoms with van der Waals surface area (Å²) in [5.41, 5.74) is 4.44. The number of rotatable bonds is 4. The SMILES string of the molecule is COc1ccc(Cc2nc3c4c(ccc3n2C2CCNCC2)N(C(=O)O)[C@@H](C)CC4)cc1F. The molecule has 5 rings (SSSR count). The number of aromatic nitrogens is 2. The Labute approximate surface area is 192 Å². The molecule has 1 saturated heterocycles. The van der Waals surface area contributed by atoms with Gasteiger partial charge in [0.2, 0.25) is 0 Å². The number of amides is 1. The maximum Gasteiger partial charge on any atom is 0.412 e. The third-order valence-electron chi connectivity index (χ3n) is 6.99. The summed E-state index contributed by atoms with van der Waals surface area (Å²) in [5, 5.41) is 13.2. The molecule has 0 unspecified atom stereocenters. The minimum Gasteiger partial charge on any atom is -0.494 e. The Balaban J connectivity index is 1.64. The molecule has 2 aliphatic heterocycles. The quantitative estimate of drug-likeness (QED) is 0.609. The van der Waals surface area contributed by atoms with Crippen molar-refractivity contribution in [1.82, 2.24) is 14.9 Å². The molecule has 33 heavy (non-hydrogen) atoms. The lowest BCUT2D eigenvalue weighted by Crippen LogP contribution is -2.41. The van der Waals surface area contributed by atoms with E-state index in [1.165, 1.54) is 18.1 Å². The van der Waals surface area contributed by atoms with Crippen molar-refractivity contribution in [1.29, 1.82) is 0 Å². The summed E-state index contributed by atoms with van der Waals surface area (Å²) >= 11 is 0. The number of hydrogen-bond acceptors (Lipinski definition) is 4. The van der Waals surface area contributed by atoms with Crippen LogP contribution >= 0.6 is 0 Å². The van der Waals surface area contributed by atoms with Gasteiger partial charge in [-0.2, -0.15) is 0 Å². The fraction of sp³-hybridized carbons (Fsp3) is 0.440. The smallest absolute Gasteiger partial charge is 0.412 e. The molecule has 174 valence electrons. The van der Waals surface area contributed by atoms with E-state index in [1.54, 1.807) is 6.07 Å². The summed E-state index contributed by atoms with van der Waals surface area (Å²) in [7, 11) is 1.46. The molecule has 1 atom stereocenters. The maximum absolute atomic E-state index is 14.4. The van der Waals surface area contributed by atoms with Gasteiger partial charge in [0.05, 0.1) is 23.8 Å². The molecule has 1 fully saturated rings. The van der Waals surface area contributed by atoms with Crippen LogP contribution in [0, 0.1) is 5.82 Å². The van der Waals surface area contributed by atoms with Crippen LogP contribution in [-0.2, 0) is 12.8 Å². The van der Waals surface area contributed by atoms with Gasteiger partial charge in [0, 0.05) is 24.1 Å². The van der Waals surface area contributed by atoms with Crippen LogP contribution in [-0.4, -0.2) is 47.0 Å². The van der Waals surface area contributed by atoms with E-state index in [-0.39, 0.29) is 17.6 Å². The highest BCUT2D eigenvalue weighted by Crippen LogP contribution is 2.38. The Hall–Kier alpha value is -3.13. The van der Waals surface area contributed by atoms with E-state index >= 15 is 0 Å². The van der Waals surface area contributed by atoms with Gasteiger partial charge in [0.1, 0.15) is 5.82 Å². The summed E-state index contributed by atoms with van der Waals surface area (Å²) in [6.45, 7) is 3.82. The van der Waals surface area contributed by atoms with Crippen molar-refractivity contribution in [2.45, 2.75) is 51.1 Å². The van der Waals surface area contributed by atoms with Gasteiger partial charge in [-0.05, 0) is 75.5 Å². The van der Waals surface area contributed by atoms with Crippen molar-refractivity contribution in [3.05, 3.63) is 53.1 Å². The van der Waals surface area contributed by atoms with Crippen molar-refractivity contribution in [2.75, 3.05) is 25.1 Å². The van der Waals surface area contributed by atoms with E-state index in [4.69, 9.17) is 9.72 Å². The second-order valence-electron chi connectivity index (χ2n) is 9.00. The number of ether oxygens (including phenoxy) is 1. The normalized spacial score (nSPS) is 19.0. The van der Waals surface area contributed by atoms with Gasteiger partial charge in [0.15, 0.2) is 11.6 Å². The molecule has 8 heteroatoms. The fourth-order valence-corrected chi connectivity index (χ4v) is 5.34. The third-order valence-corrected chi connectivity index (χ3v) is 6.99. The molecule has 2 aromatic carbocycles. The van der Waals surface area contributed by atoms with E-state index in [0.29, 0.717) is 12.5 Å². The Morgan fingerprint density at radius 3 is 2.73 bits per heavy atom. The molecule has 3 aromatic rings. The molecule has 7 nitrogen and oxygen atoms in total. The highest BCUT2D eigenvalue weighted by molar-refractivity contribution is 5.94. The zero-order chi connectivity index (χ0) is 23.1. The topological polar surface area (TPSA) is 79.6 Å². The minimum absolute atomic E-state index is 0.0688. The number of aryl methyl sites for hydroxylation is 1. The first-order chi connectivity index (χ1) is 16.0. The number of carbonyl (C=O) groups is 1. The number of anilines is 1. The number of carboxylic acid groups (broad SMARTS) is 1. The van der Waals surface area contributed by atoms with E-state index in [1.807, 2.05) is 25.1 Å². The van der Waals surface area contributed by atoms with E-state index in [9.17, 15) is 14.3 Å². The molecule has 1 amide bonds. The van der Waals surface area contributed by atoms with Crippen molar-refractivity contribution in [2.24, 2.45) is 0 Å². The van der Waals surface area contributed by atoms with Gasteiger partial charge in [-0.25, -0.2) is 14.2 Å². The lowest BCUT2D eigenvalue weighted by molar-refractivity contribution is 0.198. The molecule has 0 spiro atoms. The second-order valence-corrected chi connectivity index (χ2v) is 9.00. The molecule has 0 aliphatic carbocycles. The van der Waals surface area contributed by atoms with E-state index in [0.717, 1.165) is 72.4 Å². The molecular formula is C25H29FN4O3. The summed E-state index contributed by atoms with van der Waals surface area (Å²) in [6, 6.07) is 9.19. The van der Waals surface area contributed by atoms with Gasteiger partial charge in [-0.3, -0.25) is 4.90 Å². The van der Waals surface area contributed by atoms with Crippen molar-refractivity contribution >= 4 is 22.8 Å². The van der Waals surface area contributed by atoms with Crippen LogP contribution in [0.5, 0.6) is 5.75 Å². The number of nitrogens with zero attached hydrogens (tertiary/aromatic N) is 3. The number of fused-ring (bicyclic) bond motifs is 3. The highest BCUT2D eigenvalue weighted by Gasteiger charge is 2.31. The van der Waals surface area contributed by atoms with Crippen LogP contribution in [0.15, 0.2) is 30.3 Å². The number of benzene rings is 2. The van der Waals surface area contributed by atoms with E-state index in [2.05, 4.69) is 9.88 Å². The molecule has 1 aromatic heterocycles. The number of piperidine rings is 1. The average Bonchev–Trinajstić information content (AvgIpc) is 3.17. The zero-order valence-corrected chi connectivity index (χ0v) is 19.0. The summed E-state index contributed by atoms with van der Waals surface area (Å²) in [4.78, 5) is 18.5. The Morgan fingerprint density at radius 2 is 2.03 bits per heavy atom. The van der Waals surface area contributed by atoms with Crippen molar-refractivity contribution in [3.8, 4) is 5.75 Å². The molecular weight excluding hydrogens is 423 g/mol. The number of methoxy groups -OCH3 is 1. The van der Waals surface area contributed by atoms with Gasteiger partial charge in [-0.15, -0.1) is 0 Å². The first-order valence-corrected chi connectivity index (χ1v) is 11.6. The fourth-order valence-electron chi connectivity index (χ4n) is 5.34. The number of nitrogens with one attached hydrogen (secondary N) is 1. The molecule has 3 heterocycles. The van der Waals surface area contributed by atoms with Gasteiger partial charge in [0.25, 0.3) is 0 Å². The number of hydrogen-bond donors (Lipinski definition) is 2. The molecule has 0 bridgehead atoms. The zero-order valence-electron chi connectivity index (χ0n) is 19.0. The monoisotopic (exact) mass is 452 g/mol. The van der Waals surface area contributed by atoms with Gasteiger partial charge >= 0.3 is 6.09 Å². The third kappa shape index (κ3) is 3.82. The van der Waals surface area contributed by atoms with E-state index < -0.39 is 6.09 Å². The minimum atomic E-state index is -0.936. The van der Waals surface area contributed by atoms with Crippen LogP contribution in [0.4, 0.5) is 14.9 Å². The number of imidazole rings is 1. The Bertz CT molecular complexity index is 1200. The number of halogens is 1. The summed E-state index contributed by atoms with van der Waals surface area (Å²) in [6.07, 6.45) is 3.09. The van der Waals surface area contributed by atoms with Crippen LogP contribution < -0.4 is 15.0 Å². The first-order valence-electron chi connectivity index (χ1n) is 11.6. The summed E-state index contributed by atoms with van der Waals surface area (Å²) < 4.78 is 21.7. The Morgan fingerprint density at radius 1 is 1.24 bits per heavy atom. The average molecular weight is 453 g/mol. The molecule has 2 aliphatic rings. The Kier molecular flexibility index (Phi) is 5.70. The molecule has 2 N–H and O–H groups in total. The van der Waals surface area contributed by atoms with Crippen LogP contribution in [0.3, 0.4) is 0 Å². The predicted molar refractivity (Wildman–Crippen MR) is 125 cm³/mol. The highest BCUT2D eigenvalue weighted by atomic mass is 19.1. The first kappa shape index (κ1) is 21.7. The van der Waals surface area contributed by atoms with Gasteiger partial charge in [-0.1, -0.05) is 6.07 Å². The predicted octanol–water partition coefficient (Wildman–Crippen LogP) is 4.52. The summed E-state index contributed by atoms with van der Waals surface area (Å²) in [5.74, 6) is 0.723. The largest absolute Gasteiger partial charge is 0.494 e. The molecule has 0 radical (unpaired) electrons. The lowest BCUT2D eigenvalue weighted by atomic mass is 9.95.